The predicted molar refractivity (Wildman–Crippen MR) is 105 cm³/mol. The smallest absolute Gasteiger partial charge is 0.0201 e. The zero-order valence-electron chi connectivity index (χ0n) is 15.8. The van der Waals surface area contributed by atoms with Gasteiger partial charge < -0.3 is 4.98 Å². The van der Waals surface area contributed by atoms with E-state index in [9.17, 15) is 0 Å². The van der Waals surface area contributed by atoms with Crippen molar-refractivity contribution in [2.45, 2.75) is 44.9 Å². The minimum absolute atomic E-state index is 0. The van der Waals surface area contributed by atoms with Crippen LogP contribution in [0.2, 0.25) is 0 Å². The van der Waals surface area contributed by atoms with E-state index in [0.717, 1.165) is 17.7 Å². The molecule has 4 rings (SSSR count). The molecule has 0 N–H and O–H groups in total. The Morgan fingerprint density at radius 1 is 0.846 bits per heavy atom. The number of nitrogens with zero attached hydrogens (tertiary/aromatic N) is 1. The summed E-state index contributed by atoms with van der Waals surface area (Å²) in [5, 5.41) is 0. The fraction of sp³-hybridized carbons (Fsp3) is 0.292. The Morgan fingerprint density at radius 3 is 2.27 bits per heavy atom. The van der Waals surface area contributed by atoms with Gasteiger partial charge in [0.1, 0.15) is 0 Å². The van der Waals surface area contributed by atoms with E-state index in [0.29, 0.717) is 0 Å². The average molecular weight is 519 g/mol. The van der Waals surface area contributed by atoms with Gasteiger partial charge in [-0.05, 0) is 39.6 Å². The van der Waals surface area contributed by atoms with Crippen LogP contribution in [0.25, 0.3) is 22.4 Å². The molecule has 1 heterocycles. The van der Waals surface area contributed by atoms with Gasteiger partial charge in [0, 0.05) is 26.3 Å². The van der Waals surface area contributed by atoms with Gasteiger partial charge in [0.05, 0.1) is 0 Å². The first kappa shape index (κ1) is 19.0. The largest absolute Gasteiger partial charge is 0.304 e. The Kier molecular flexibility index (Phi) is 4.94. The molecule has 1 aliphatic rings. The summed E-state index contributed by atoms with van der Waals surface area (Å²) in [5.41, 5.74) is 7.71. The van der Waals surface area contributed by atoms with E-state index in [2.05, 4.69) is 82.4 Å². The van der Waals surface area contributed by atoms with Crippen molar-refractivity contribution in [2.24, 2.45) is 0 Å². The summed E-state index contributed by atoms with van der Waals surface area (Å²) in [7, 11) is 0. The molecule has 0 saturated carbocycles. The summed E-state index contributed by atoms with van der Waals surface area (Å²) >= 11 is 0. The maximum absolute atomic E-state index is 4.79. The van der Waals surface area contributed by atoms with Crippen molar-refractivity contribution in [3.63, 3.8) is 0 Å². The summed E-state index contributed by atoms with van der Waals surface area (Å²) in [6.45, 7) is 9.33. The van der Waals surface area contributed by atoms with Crippen LogP contribution >= 0.6 is 0 Å². The summed E-state index contributed by atoms with van der Waals surface area (Å²) in [4.78, 5) is 4.79. The molecule has 1 aliphatic carbocycles. The molecule has 0 spiro atoms. The molecule has 2 aromatic carbocycles. The van der Waals surface area contributed by atoms with Crippen molar-refractivity contribution >= 4 is 0 Å². The van der Waals surface area contributed by atoms with Gasteiger partial charge in [-0.15, -0.1) is 35.4 Å². The average Bonchev–Trinajstić information content (AvgIpc) is 2.80. The molecular weight excluding hydrogens is 494 g/mol. The first-order valence-electron chi connectivity index (χ1n) is 8.95. The van der Waals surface area contributed by atoms with Gasteiger partial charge in [-0.1, -0.05) is 64.1 Å². The van der Waals surface area contributed by atoms with E-state index in [4.69, 9.17) is 4.98 Å². The van der Waals surface area contributed by atoms with E-state index in [-0.39, 0.29) is 30.9 Å². The van der Waals surface area contributed by atoms with E-state index in [1.807, 2.05) is 12.1 Å². The second kappa shape index (κ2) is 6.76. The van der Waals surface area contributed by atoms with Crippen LogP contribution in [0.15, 0.2) is 60.8 Å². The summed E-state index contributed by atoms with van der Waals surface area (Å²) in [6, 6.07) is 22.4. The zero-order chi connectivity index (χ0) is 17.7. The van der Waals surface area contributed by atoms with Gasteiger partial charge >= 0.3 is 0 Å². The van der Waals surface area contributed by atoms with Gasteiger partial charge in [-0.2, -0.15) is 0 Å². The molecule has 0 fully saturated rings. The number of fused-ring (bicyclic) bond motifs is 1. The van der Waals surface area contributed by atoms with Crippen LogP contribution < -0.4 is 0 Å². The van der Waals surface area contributed by atoms with Crippen molar-refractivity contribution in [3.05, 3.63) is 78.0 Å². The first-order chi connectivity index (χ1) is 11.9. The zero-order valence-corrected chi connectivity index (χ0v) is 18.2. The van der Waals surface area contributed by atoms with Crippen LogP contribution in [0, 0.1) is 6.07 Å². The van der Waals surface area contributed by atoms with Crippen molar-refractivity contribution in [1.82, 2.24) is 4.98 Å². The molecule has 1 nitrogen and oxygen atoms in total. The first-order valence-corrected chi connectivity index (χ1v) is 8.95. The third kappa shape index (κ3) is 3.29. The SMILES string of the molecule is CC1(C)CC(C)(C)c2cc(-c3[c-]ccc(-c4ccccc4)c3)ncc21.[Ir]. The van der Waals surface area contributed by atoms with Crippen LogP contribution in [0.5, 0.6) is 0 Å². The number of rotatable bonds is 2. The number of benzene rings is 2. The van der Waals surface area contributed by atoms with Crippen LogP contribution in [0.1, 0.15) is 45.2 Å². The monoisotopic (exact) mass is 519 g/mol. The Labute approximate surface area is 170 Å². The summed E-state index contributed by atoms with van der Waals surface area (Å²) in [5.74, 6) is 0. The molecular formula is C24H24IrN-. The normalized spacial score (nSPS) is 16.6. The minimum atomic E-state index is 0. The van der Waals surface area contributed by atoms with Crippen LogP contribution in [0.4, 0.5) is 0 Å². The molecule has 3 aromatic rings. The second-order valence-electron chi connectivity index (χ2n) is 8.42. The Hall–Kier alpha value is -1.76. The summed E-state index contributed by atoms with van der Waals surface area (Å²) < 4.78 is 0. The van der Waals surface area contributed by atoms with E-state index in [1.165, 1.54) is 22.3 Å². The quantitative estimate of drug-likeness (QED) is 0.370. The van der Waals surface area contributed by atoms with Crippen LogP contribution in [-0.4, -0.2) is 4.98 Å². The summed E-state index contributed by atoms with van der Waals surface area (Å²) in [6.07, 6.45) is 3.25. The molecule has 0 bridgehead atoms. The fourth-order valence-electron chi connectivity index (χ4n) is 4.42. The molecule has 135 valence electrons. The van der Waals surface area contributed by atoms with Gasteiger partial charge in [0.25, 0.3) is 0 Å². The predicted octanol–water partition coefficient (Wildman–Crippen LogP) is 6.17. The Balaban J connectivity index is 0.00000196. The standard InChI is InChI=1S/C24H24N.Ir/c1-23(2)16-24(3,4)21-15-25-22(14-20(21)23)19-12-8-11-18(13-19)17-9-6-5-7-10-17;/h5-11,13-15H,16H2,1-4H3;/q-1;. The van der Waals surface area contributed by atoms with Crippen molar-refractivity contribution < 1.29 is 20.1 Å². The van der Waals surface area contributed by atoms with Crippen molar-refractivity contribution in [1.29, 1.82) is 0 Å². The van der Waals surface area contributed by atoms with Gasteiger partial charge in [-0.3, -0.25) is 0 Å². The Bertz CT molecular complexity index is 926. The fourth-order valence-corrected chi connectivity index (χ4v) is 4.42. The van der Waals surface area contributed by atoms with E-state index in [1.54, 1.807) is 0 Å². The topological polar surface area (TPSA) is 12.9 Å². The van der Waals surface area contributed by atoms with Gasteiger partial charge in [0.2, 0.25) is 0 Å². The maximum atomic E-state index is 4.79. The Morgan fingerprint density at radius 2 is 1.54 bits per heavy atom. The van der Waals surface area contributed by atoms with E-state index >= 15 is 0 Å². The molecule has 26 heavy (non-hydrogen) atoms. The van der Waals surface area contributed by atoms with Crippen molar-refractivity contribution in [2.75, 3.05) is 0 Å². The molecule has 1 radical (unpaired) electrons. The number of hydrogen-bond acceptors (Lipinski definition) is 1. The molecule has 0 amide bonds. The minimum Gasteiger partial charge on any atom is -0.304 e. The van der Waals surface area contributed by atoms with Gasteiger partial charge in [-0.25, -0.2) is 0 Å². The number of aromatic nitrogens is 1. The molecule has 0 unspecified atom stereocenters. The number of hydrogen-bond donors (Lipinski definition) is 0. The maximum Gasteiger partial charge on any atom is 0.0201 e. The van der Waals surface area contributed by atoms with Gasteiger partial charge in [0.15, 0.2) is 0 Å². The van der Waals surface area contributed by atoms with E-state index < -0.39 is 0 Å². The third-order valence-corrected chi connectivity index (χ3v) is 5.43. The molecule has 2 heteroatoms. The number of pyridine rings is 1. The second-order valence-corrected chi connectivity index (χ2v) is 8.42. The third-order valence-electron chi connectivity index (χ3n) is 5.43. The molecule has 1 aromatic heterocycles. The van der Waals surface area contributed by atoms with Crippen LogP contribution in [0.3, 0.4) is 0 Å². The van der Waals surface area contributed by atoms with Crippen LogP contribution in [-0.2, 0) is 30.9 Å². The van der Waals surface area contributed by atoms with Crippen molar-refractivity contribution in [3.8, 4) is 22.4 Å². The molecule has 0 saturated heterocycles. The molecule has 0 atom stereocenters. The molecule has 0 aliphatic heterocycles.